The molecule has 2 aromatic carbocycles. The maximum atomic E-state index is 14.5. The lowest BCUT2D eigenvalue weighted by molar-refractivity contribution is -0.175. The molecular formula is C21F26O. The average Bonchev–Trinajstić information content (AvgIpc) is 2.76. The molecule has 2 aromatic rings. The van der Waals surface area contributed by atoms with E-state index < -0.39 is 122 Å². The van der Waals surface area contributed by atoms with Gasteiger partial charge in [-0.1, -0.05) is 0 Å². The summed E-state index contributed by atoms with van der Waals surface area (Å²) < 4.78 is 357. The number of rotatable bonds is 2. The predicted molar refractivity (Wildman–Crippen MR) is 96.2 cm³/mol. The highest BCUT2D eigenvalue weighted by Gasteiger charge is 2.61. The van der Waals surface area contributed by atoms with Gasteiger partial charge >= 0.3 is 49.4 Å². The minimum absolute atomic E-state index is 4.70. The van der Waals surface area contributed by atoms with Crippen LogP contribution >= 0.6 is 0 Å². The second kappa shape index (κ2) is 11.2. The zero-order valence-corrected chi connectivity index (χ0v) is 20.7. The fraction of sp³-hybridized carbons (Fsp3) is 0.381. The molecule has 2 rings (SSSR count). The molecule has 0 fully saturated rings. The molecule has 0 aliphatic rings. The monoisotopic (exact) mass is 762 g/mol. The molecule has 0 aromatic heterocycles. The van der Waals surface area contributed by atoms with Gasteiger partial charge in [0, 0.05) is 11.1 Å². The van der Waals surface area contributed by atoms with Gasteiger partial charge in [0.05, 0.1) is 22.3 Å². The Kier molecular flexibility index (Phi) is 9.41. The highest BCUT2D eigenvalue weighted by molar-refractivity contribution is 6.14. The van der Waals surface area contributed by atoms with Gasteiger partial charge in [-0.25, -0.2) is 8.78 Å². The van der Waals surface area contributed by atoms with E-state index in [1.165, 1.54) is 0 Å². The van der Waals surface area contributed by atoms with Gasteiger partial charge in [-0.3, -0.25) is 4.79 Å². The second-order valence-corrected chi connectivity index (χ2v) is 8.69. The first-order valence-corrected chi connectivity index (χ1v) is 10.6. The summed E-state index contributed by atoms with van der Waals surface area (Å²) in [5, 5.41) is 0. The van der Waals surface area contributed by atoms with Crippen LogP contribution in [-0.4, -0.2) is 5.78 Å². The maximum absolute atomic E-state index is 14.5. The fourth-order valence-electron chi connectivity index (χ4n) is 4.22. The third-order valence-electron chi connectivity index (χ3n) is 5.60. The van der Waals surface area contributed by atoms with Crippen molar-refractivity contribution >= 4 is 5.78 Å². The van der Waals surface area contributed by atoms with Crippen LogP contribution in [0.25, 0.3) is 0 Å². The summed E-state index contributed by atoms with van der Waals surface area (Å²) in [4.78, 5) is 12.9. The number of ketones is 1. The van der Waals surface area contributed by atoms with Crippen LogP contribution in [0.4, 0.5) is 114 Å². The number of carbonyl (C=O) groups is 1. The van der Waals surface area contributed by atoms with Crippen LogP contribution in [0.5, 0.6) is 0 Å². The van der Waals surface area contributed by atoms with Crippen molar-refractivity contribution in [1.29, 1.82) is 0 Å². The Morgan fingerprint density at radius 2 is 0.396 bits per heavy atom. The van der Waals surface area contributed by atoms with Gasteiger partial charge in [-0.15, -0.1) is 0 Å². The van der Waals surface area contributed by atoms with Crippen LogP contribution in [0.15, 0.2) is 0 Å². The number of benzene rings is 2. The zero-order chi connectivity index (χ0) is 38.5. The van der Waals surface area contributed by atoms with Crippen molar-refractivity contribution in [3.8, 4) is 0 Å². The molecule has 48 heavy (non-hydrogen) atoms. The van der Waals surface area contributed by atoms with E-state index in [0.717, 1.165) is 0 Å². The molecule has 0 saturated heterocycles. The van der Waals surface area contributed by atoms with Crippen molar-refractivity contribution in [2.75, 3.05) is 0 Å². The van der Waals surface area contributed by atoms with Crippen LogP contribution in [0.1, 0.15) is 60.4 Å². The molecule has 0 saturated carbocycles. The van der Waals surface area contributed by atoms with Crippen molar-refractivity contribution in [3.05, 3.63) is 67.3 Å². The Bertz CT molecular complexity index is 1380. The Morgan fingerprint density at radius 1 is 0.271 bits per heavy atom. The normalized spacial score (nSPS) is 14.5. The predicted octanol–water partition coefficient (Wildman–Crippen LogP) is 11.3. The topological polar surface area (TPSA) is 17.1 Å². The molecule has 0 bridgehead atoms. The van der Waals surface area contributed by atoms with E-state index in [0.29, 0.717) is 0 Å². The number of hydrogen-bond acceptors (Lipinski definition) is 1. The van der Waals surface area contributed by atoms with E-state index in [1.54, 1.807) is 0 Å². The van der Waals surface area contributed by atoms with Crippen molar-refractivity contribution in [2.45, 2.75) is 49.4 Å². The number of hydrogen-bond donors (Lipinski definition) is 0. The molecule has 0 atom stereocenters. The molecule has 0 amide bonds. The van der Waals surface area contributed by atoms with Crippen LogP contribution in [0, 0.1) is 11.6 Å². The molecule has 27 heteroatoms. The number of alkyl halides is 24. The molecule has 0 radical (unpaired) electrons. The van der Waals surface area contributed by atoms with Crippen molar-refractivity contribution in [2.24, 2.45) is 0 Å². The third-order valence-corrected chi connectivity index (χ3v) is 5.60. The smallest absolute Gasteiger partial charge is 0.289 e. The van der Waals surface area contributed by atoms with Crippen LogP contribution in [0.2, 0.25) is 0 Å². The van der Waals surface area contributed by atoms with Gasteiger partial charge in [0.2, 0.25) is 0 Å². The summed E-state index contributed by atoms with van der Waals surface area (Å²) in [6.07, 6.45) is -60.6. The summed E-state index contributed by atoms with van der Waals surface area (Å²) in [5.74, 6) is -14.4. The first kappa shape index (κ1) is 40.5. The van der Waals surface area contributed by atoms with Crippen LogP contribution in [0.3, 0.4) is 0 Å². The summed E-state index contributed by atoms with van der Waals surface area (Å²) >= 11 is 0. The minimum atomic E-state index is -7.67. The van der Waals surface area contributed by atoms with Gasteiger partial charge in [0.15, 0.2) is 5.78 Å². The first-order chi connectivity index (χ1) is 20.7. The van der Waals surface area contributed by atoms with E-state index in [1.807, 2.05) is 0 Å². The van der Waals surface area contributed by atoms with E-state index in [4.69, 9.17) is 0 Å². The third kappa shape index (κ3) is 7.17. The standard InChI is InChI=1S/C21F26O/c22-11-7(18(36,37)38)3(14(24,25)26)1(4(15(27,28)29)8(11)19(39,40)41)13(48)2-5(16(30,31)32)9(20(42,43)44)12(23)10(21(45,46)47)6(2)17(33,34)35. The Labute approximate surface area is 242 Å². The lowest BCUT2D eigenvalue weighted by Gasteiger charge is -2.29. The maximum Gasteiger partial charge on any atom is 0.419 e. The van der Waals surface area contributed by atoms with E-state index in [-0.39, 0.29) is 0 Å². The quantitative estimate of drug-likeness (QED) is 0.220. The summed E-state index contributed by atoms with van der Waals surface area (Å²) in [6.45, 7) is 0. The lowest BCUT2D eigenvalue weighted by Crippen LogP contribution is -2.35. The number of carbonyl (C=O) groups excluding carboxylic acids is 1. The molecule has 0 N–H and O–H groups in total. The van der Waals surface area contributed by atoms with E-state index >= 15 is 0 Å². The molecule has 0 spiro atoms. The Balaban J connectivity index is 3.86. The Morgan fingerprint density at radius 3 is 0.500 bits per heavy atom. The van der Waals surface area contributed by atoms with Crippen LogP contribution in [-0.2, 0) is 49.4 Å². The van der Waals surface area contributed by atoms with Crippen LogP contribution < -0.4 is 0 Å². The molecule has 272 valence electrons. The summed E-state index contributed by atoms with van der Waals surface area (Å²) in [7, 11) is 0. The zero-order valence-electron chi connectivity index (χ0n) is 20.7. The molecule has 0 heterocycles. The Hall–Kier alpha value is -3.71. The van der Waals surface area contributed by atoms with Crippen molar-refractivity contribution < 1.29 is 119 Å². The van der Waals surface area contributed by atoms with Crippen molar-refractivity contribution in [3.63, 3.8) is 0 Å². The second-order valence-electron chi connectivity index (χ2n) is 8.69. The highest BCUT2D eigenvalue weighted by atomic mass is 19.4. The van der Waals surface area contributed by atoms with E-state index in [2.05, 4.69) is 0 Å². The van der Waals surface area contributed by atoms with Gasteiger partial charge in [-0.05, 0) is 0 Å². The van der Waals surface area contributed by atoms with Gasteiger partial charge in [0.1, 0.15) is 33.9 Å². The first-order valence-electron chi connectivity index (χ1n) is 10.6. The van der Waals surface area contributed by atoms with Crippen molar-refractivity contribution in [1.82, 2.24) is 0 Å². The average molecular weight is 762 g/mol. The molecule has 0 unspecified atom stereocenters. The van der Waals surface area contributed by atoms with Gasteiger partial charge < -0.3 is 0 Å². The molecular weight excluding hydrogens is 762 g/mol. The lowest BCUT2D eigenvalue weighted by atomic mass is 9.80. The highest BCUT2D eigenvalue weighted by Crippen LogP contribution is 2.56. The van der Waals surface area contributed by atoms with Gasteiger partial charge in [-0.2, -0.15) is 105 Å². The molecule has 1 nitrogen and oxygen atoms in total. The number of halogens is 26. The van der Waals surface area contributed by atoms with E-state index in [9.17, 15) is 119 Å². The summed E-state index contributed by atoms with van der Waals surface area (Å²) in [5.41, 5.74) is -48.2. The molecule has 0 aliphatic heterocycles. The molecule has 0 aliphatic carbocycles. The summed E-state index contributed by atoms with van der Waals surface area (Å²) in [6, 6.07) is 0. The largest absolute Gasteiger partial charge is 0.419 e. The minimum Gasteiger partial charge on any atom is -0.289 e. The SMILES string of the molecule is O=C(c1c(C(F)(F)F)c(C(F)(F)F)c(F)c(C(F)(F)F)c1C(F)(F)F)c1c(C(F)(F)F)c(C(F)(F)F)c(F)c(C(F)(F)F)c1C(F)(F)F. The fourth-order valence-corrected chi connectivity index (χ4v) is 4.22. The van der Waals surface area contributed by atoms with Gasteiger partial charge in [0.25, 0.3) is 0 Å².